The number of aromatic nitrogens is 2. The second-order valence-corrected chi connectivity index (χ2v) is 4.89. The summed E-state index contributed by atoms with van der Waals surface area (Å²) in [5.41, 5.74) is 0.514. The van der Waals surface area contributed by atoms with Crippen LogP contribution in [0.2, 0.25) is 5.02 Å². The lowest BCUT2D eigenvalue weighted by Crippen LogP contribution is -2.11. The maximum absolute atomic E-state index is 13.6. The number of hydrogen-bond donors (Lipinski definition) is 0. The smallest absolute Gasteiger partial charge is 0.195 e. The largest absolute Gasteiger partial charge is 0.294 e. The van der Waals surface area contributed by atoms with Gasteiger partial charge >= 0.3 is 0 Å². The Morgan fingerprint density at radius 2 is 1.95 bits per heavy atom. The molecule has 0 bridgehead atoms. The molecule has 112 valence electrons. The molecule has 0 N–H and O–H groups in total. The maximum Gasteiger partial charge on any atom is 0.195 e. The average molecular weight is 317 g/mol. The highest BCUT2D eigenvalue weighted by molar-refractivity contribution is 6.32. The van der Waals surface area contributed by atoms with Gasteiger partial charge in [0.05, 0.1) is 28.4 Å². The monoisotopic (exact) mass is 316 g/mol. The van der Waals surface area contributed by atoms with E-state index < -0.39 is 28.8 Å². The van der Waals surface area contributed by atoms with Gasteiger partial charge in [0, 0.05) is 7.05 Å². The van der Waals surface area contributed by atoms with Crippen LogP contribution in [0.1, 0.15) is 28.7 Å². The predicted molar refractivity (Wildman–Crippen MR) is 71.9 cm³/mol. The molecule has 1 aromatic carbocycles. The lowest BCUT2D eigenvalue weighted by molar-refractivity contribution is 0.0985. The van der Waals surface area contributed by atoms with E-state index in [4.69, 9.17) is 11.6 Å². The second-order valence-electron chi connectivity index (χ2n) is 4.51. The number of ketones is 1. The summed E-state index contributed by atoms with van der Waals surface area (Å²) in [5.74, 6) is -5.19. The minimum Gasteiger partial charge on any atom is -0.294 e. The molecule has 3 nitrogen and oxygen atoms in total. The highest BCUT2D eigenvalue weighted by Gasteiger charge is 2.22. The van der Waals surface area contributed by atoms with Crippen LogP contribution in [0.4, 0.5) is 13.2 Å². The van der Waals surface area contributed by atoms with Crippen LogP contribution < -0.4 is 0 Å². The van der Waals surface area contributed by atoms with E-state index in [1.165, 1.54) is 4.68 Å². The van der Waals surface area contributed by atoms with E-state index in [1.54, 1.807) is 7.05 Å². The summed E-state index contributed by atoms with van der Waals surface area (Å²) in [6, 6.07) is 1.63. The molecule has 0 aliphatic carbocycles. The molecular formula is C14H12ClF3N2O. The molecule has 0 saturated heterocycles. The standard InChI is InChI=1S/C14H12ClF3N2O/c1-3-9-12(15)10(20(2)19-9)6-11(21)7-4-5-8(16)14(18)13(7)17/h4-5H,3,6H2,1-2H3. The van der Waals surface area contributed by atoms with Gasteiger partial charge in [-0.05, 0) is 18.6 Å². The molecule has 0 aliphatic heterocycles. The lowest BCUT2D eigenvalue weighted by Gasteiger charge is -2.05. The Labute approximate surface area is 124 Å². The molecule has 0 amide bonds. The van der Waals surface area contributed by atoms with Gasteiger partial charge in [-0.3, -0.25) is 9.48 Å². The van der Waals surface area contributed by atoms with Gasteiger partial charge in [0.25, 0.3) is 0 Å². The average Bonchev–Trinajstić information content (AvgIpc) is 2.72. The minimum absolute atomic E-state index is 0.246. The summed E-state index contributed by atoms with van der Waals surface area (Å²) in [7, 11) is 1.61. The number of Topliss-reactive ketones (excluding diaryl/α,β-unsaturated/α-hetero) is 1. The topological polar surface area (TPSA) is 34.9 Å². The van der Waals surface area contributed by atoms with Crippen LogP contribution in [0.5, 0.6) is 0 Å². The van der Waals surface area contributed by atoms with Crippen molar-refractivity contribution < 1.29 is 18.0 Å². The molecular weight excluding hydrogens is 305 g/mol. The van der Waals surface area contributed by atoms with Crippen molar-refractivity contribution in [1.82, 2.24) is 9.78 Å². The first-order valence-corrected chi connectivity index (χ1v) is 6.61. The predicted octanol–water partition coefficient (Wildman–Crippen LogP) is 3.48. The summed E-state index contributed by atoms with van der Waals surface area (Å²) in [6.45, 7) is 1.86. The number of rotatable bonds is 4. The van der Waals surface area contributed by atoms with Gasteiger partial charge in [0.15, 0.2) is 23.2 Å². The lowest BCUT2D eigenvalue weighted by atomic mass is 10.1. The van der Waals surface area contributed by atoms with Gasteiger partial charge in [-0.25, -0.2) is 13.2 Å². The zero-order valence-electron chi connectivity index (χ0n) is 11.4. The van der Waals surface area contributed by atoms with Gasteiger partial charge in [-0.1, -0.05) is 18.5 Å². The first-order valence-electron chi connectivity index (χ1n) is 6.23. The second kappa shape index (κ2) is 5.89. The zero-order valence-corrected chi connectivity index (χ0v) is 12.1. The number of benzene rings is 1. The summed E-state index contributed by atoms with van der Waals surface area (Å²) < 4.78 is 41.1. The molecule has 0 saturated carbocycles. The molecule has 0 unspecified atom stereocenters. The highest BCUT2D eigenvalue weighted by atomic mass is 35.5. The normalized spacial score (nSPS) is 11.0. The Hall–Kier alpha value is -1.82. The number of aryl methyl sites for hydroxylation is 2. The quantitative estimate of drug-likeness (QED) is 0.639. The summed E-state index contributed by atoms with van der Waals surface area (Å²) in [5, 5.41) is 4.46. The van der Waals surface area contributed by atoms with Crippen molar-refractivity contribution in [2.75, 3.05) is 0 Å². The molecule has 1 heterocycles. The fourth-order valence-corrected chi connectivity index (χ4v) is 2.36. The molecule has 2 rings (SSSR count). The number of carbonyl (C=O) groups excluding carboxylic acids is 1. The van der Waals surface area contributed by atoms with Crippen molar-refractivity contribution in [3.8, 4) is 0 Å². The molecule has 0 spiro atoms. The Morgan fingerprint density at radius 1 is 1.29 bits per heavy atom. The number of halogens is 4. The first kappa shape index (κ1) is 15.6. The van der Waals surface area contributed by atoms with E-state index in [0.29, 0.717) is 28.9 Å². The third-order valence-corrected chi connectivity index (χ3v) is 3.60. The van der Waals surface area contributed by atoms with Gasteiger partial charge in [0.1, 0.15) is 0 Å². The molecule has 0 radical (unpaired) electrons. The summed E-state index contributed by atoms with van der Waals surface area (Å²) >= 11 is 6.09. The summed E-state index contributed by atoms with van der Waals surface area (Å²) in [4.78, 5) is 12.1. The SMILES string of the molecule is CCc1nn(C)c(CC(=O)c2ccc(F)c(F)c2F)c1Cl. The maximum atomic E-state index is 13.6. The number of hydrogen-bond acceptors (Lipinski definition) is 2. The third-order valence-electron chi connectivity index (χ3n) is 3.17. The highest BCUT2D eigenvalue weighted by Crippen LogP contribution is 2.23. The van der Waals surface area contributed by atoms with E-state index in [1.807, 2.05) is 6.92 Å². The van der Waals surface area contributed by atoms with E-state index in [2.05, 4.69) is 5.10 Å². The Kier molecular flexibility index (Phi) is 4.37. The van der Waals surface area contributed by atoms with Crippen LogP contribution >= 0.6 is 11.6 Å². The van der Waals surface area contributed by atoms with Gasteiger partial charge in [-0.2, -0.15) is 5.10 Å². The Balaban J connectivity index is 2.35. The van der Waals surface area contributed by atoms with Crippen LogP contribution in [0.15, 0.2) is 12.1 Å². The Bertz CT molecular complexity index is 713. The molecule has 7 heteroatoms. The third kappa shape index (κ3) is 2.81. The summed E-state index contributed by atoms with van der Waals surface area (Å²) in [6.07, 6.45) is 0.338. The molecule has 0 aliphatic rings. The van der Waals surface area contributed by atoms with Crippen molar-refractivity contribution in [2.24, 2.45) is 7.05 Å². The van der Waals surface area contributed by atoms with Crippen molar-refractivity contribution in [1.29, 1.82) is 0 Å². The molecule has 1 aromatic heterocycles. The van der Waals surface area contributed by atoms with Crippen molar-refractivity contribution in [3.05, 3.63) is 51.6 Å². The minimum atomic E-state index is -1.66. The van der Waals surface area contributed by atoms with E-state index >= 15 is 0 Å². The molecule has 0 atom stereocenters. The Morgan fingerprint density at radius 3 is 2.52 bits per heavy atom. The van der Waals surface area contributed by atoms with Crippen LogP contribution in [0, 0.1) is 17.5 Å². The molecule has 21 heavy (non-hydrogen) atoms. The van der Waals surface area contributed by atoms with Gasteiger partial charge in [-0.15, -0.1) is 0 Å². The van der Waals surface area contributed by atoms with Crippen molar-refractivity contribution in [2.45, 2.75) is 19.8 Å². The van der Waals surface area contributed by atoms with Crippen molar-refractivity contribution in [3.63, 3.8) is 0 Å². The van der Waals surface area contributed by atoms with Crippen LogP contribution in [0.25, 0.3) is 0 Å². The van der Waals surface area contributed by atoms with E-state index in [0.717, 1.165) is 6.07 Å². The fourth-order valence-electron chi connectivity index (χ4n) is 2.00. The number of carbonyl (C=O) groups is 1. The zero-order chi connectivity index (χ0) is 15.7. The van der Waals surface area contributed by atoms with Gasteiger partial charge in [0.2, 0.25) is 0 Å². The van der Waals surface area contributed by atoms with Crippen LogP contribution in [-0.2, 0) is 19.9 Å². The first-order chi connectivity index (χ1) is 9.86. The van der Waals surface area contributed by atoms with Gasteiger partial charge < -0.3 is 0 Å². The molecule has 2 aromatic rings. The van der Waals surface area contributed by atoms with Crippen LogP contribution in [0.3, 0.4) is 0 Å². The van der Waals surface area contributed by atoms with E-state index in [-0.39, 0.29) is 6.42 Å². The number of nitrogens with zero attached hydrogens (tertiary/aromatic N) is 2. The van der Waals surface area contributed by atoms with E-state index in [9.17, 15) is 18.0 Å². The van der Waals surface area contributed by atoms with Crippen molar-refractivity contribution >= 4 is 17.4 Å². The fraction of sp³-hybridized carbons (Fsp3) is 0.286. The molecule has 0 fully saturated rings. The van der Waals surface area contributed by atoms with Crippen LogP contribution in [-0.4, -0.2) is 15.6 Å².